The first-order valence-electron chi connectivity index (χ1n) is 7.54. The van der Waals surface area contributed by atoms with Crippen LogP contribution in [0.25, 0.3) is 0 Å². The number of halogens is 2. The normalized spacial score (nSPS) is 10.9. The van der Waals surface area contributed by atoms with Crippen LogP contribution in [0.5, 0.6) is 11.5 Å². The molecule has 2 N–H and O–H groups in total. The number of ether oxygens (including phenoxy) is 1. The standard InChI is InChI=1S/C18H18BrClN2O3/c1-11-17(24)13(9-15(19)18(11)25-2)10-21-22-16(23)8-5-12-3-6-14(20)7-4-12/h3-4,6-7,9-10,24H,5,8H2,1-2H3,(H,22,23)/b21-10+. The highest BCUT2D eigenvalue weighted by molar-refractivity contribution is 9.10. The van der Waals surface area contributed by atoms with E-state index in [2.05, 4.69) is 26.5 Å². The fourth-order valence-electron chi connectivity index (χ4n) is 2.26. The molecule has 132 valence electrons. The van der Waals surface area contributed by atoms with E-state index in [4.69, 9.17) is 16.3 Å². The highest BCUT2D eigenvalue weighted by Crippen LogP contribution is 2.36. The van der Waals surface area contributed by atoms with E-state index in [9.17, 15) is 9.90 Å². The second kappa shape index (κ2) is 8.87. The van der Waals surface area contributed by atoms with Crippen LogP contribution in [0.2, 0.25) is 5.02 Å². The van der Waals surface area contributed by atoms with Crippen molar-refractivity contribution in [3.63, 3.8) is 0 Å². The number of nitrogens with one attached hydrogen (secondary N) is 1. The van der Waals surface area contributed by atoms with E-state index in [1.165, 1.54) is 13.3 Å². The summed E-state index contributed by atoms with van der Waals surface area (Å²) in [4.78, 5) is 11.9. The Labute approximate surface area is 159 Å². The van der Waals surface area contributed by atoms with E-state index < -0.39 is 0 Å². The minimum atomic E-state index is -0.213. The zero-order valence-corrected chi connectivity index (χ0v) is 16.2. The average molecular weight is 426 g/mol. The van der Waals surface area contributed by atoms with E-state index in [0.717, 1.165) is 5.56 Å². The predicted molar refractivity (Wildman–Crippen MR) is 103 cm³/mol. The van der Waals surface area contributed by atoms with Crippen molar-refractivity contribution >= 4 is 39.7 Å². The Kier molecular flexibility index (Phi) is 6.84. The van der Waals surface area contributed by atoms with Crippen LogP contribution in [-0.2, 0) is 11.2 Å². The smallest absolute Gasteiger partial charge is 0.240 e. The van der Waals surface area contributed by atoms with Crippen molar-refractivity contribution in [3.8, 4) is 11.5 Å². The first-order valence-corrected chi connectivity index (χ1v) is 8.72. The maximum absolute atomic E-state index is 11.9. The summed E-state index contributed by atoms with van der Waals surface area (Å²) in [5.74, 6) is 0.399. The Bertz CT molecular complexity index is 792. The Morgan fingerprint density at radius 1 is 1.40 bits per heavy atom. The topological polar surface area (TPSA) is 70.9 Å². The second-order valence-corrected chi connectivity index (χ2v) is 6.66. The average Bonchev–Trinajstić information content (AvgIpc) is 2.59. The van der Waals surface area contributed by atoms with E-state index >= 15 is 0 Å². The van der Waals surface area contributed by atoms with Gasteiger partial charge in [-0.05, 0) is 53.0 Å². The monoisotopic (exact) mass is 424 g/mol. The maximum atomic E-state index is 11.9. The number of nitrogens with zero attached hydrogens (tertiary/aromatic N) is 1. The zero-order valence-electron chi connectivity index (χ0n) is 13.8. The molecule has 0 saturated carbocycles. The summed E-state index contributed by atoms with van der Waals surface area (Å²) in [5.41, 5.74) is 4.54. The largest absolute Gasteiger partial charge is 0.507 e. The molecule has 5 nitrogen and oxygen atoms in total. The quantitative estimate of drug-likeness (QED) is 0.538. The van der Waals surface area contributed by atoms with E-state index in [0.29, 0.717) is 39.2 Å². The number of carbonyl (C=O) groups is 1. The Hall–Kier alpha value is -2.05. The van der Waals surface area contributed by atoms with Crippen LogP contribution >= 0.6 is 27.5 Å². The summed E-state index contributed by atoms with van der Waals surface area (Å²) in [6.45, 7) is 1.74. The van der Waals surface area contributed by atoms with Crippen molar-refractivity contribution in [3.05, 3.63) is 56.5 Å². The third-order valence-corrected chi connectivity index (χ3v) is 4.46. The lowest BCUT2D eigenvalue weighted by molar-refractivity contribution is -0.121. The van der Waals surface area contributed by atoms with Gasteiger partial charge in [0.15, 0.2) is 0 Å². The molecule has 7 heteroatoms. The van der Waals surface area contributed by atoms with Crippen molar-refractivity contribution in [2.75, 3.05) is 7.11 Å². The molecule has 0 fully saturated rings. The number of phenols is 1. The Morgan fingerprint density at radius 2 is 2.08 bits per heavy atom. The summed E-state index contributed by atoms with van der Waals surface area (Å²) in [6.07, 6.45) is 2.29. The number of aromatic hydroxyl groups is 1. The van der Waals surface area contributed by atoms with Crippen molar-refractivity contribution < 1.29 is 14.6 Å². The summed E-state index contributed by atoms with van der Waals surface area (Å²) >= 11 is 9.20. The first-order chi connectivity index (χ1) is 11.9. The molecule has 0 aromatic heterocycles. The molecule has 0 aliphatic carbocycles. The highest BCUT2D eigenvalue weighted by atomic mass is 79.9. The van der Waals surface area contributed by atoms with Crippen molar-refractivity contribution in [1.29, 1.82) is 0 Å². The molecule has 2 aromatic rings. The minimum absolute atomic E-state index is 0.0548. The van der Waals surface area contributed by atoms with Crippen LogP contribution in [0.4, 0.5) is 0 Å². The number of methoxy groups -OCH3 is 1. The van der Waals surface area contributed by atoms with Gasteiger partial charge in [-0.1, -0.05) is 23.7 Å². The summed E-state index contributed by atoms with van der Waals surface area (Å²) in [7, 11) is 1.53. The van der Waals surface area contributed by atoms with Gasteiger partial charge in [-0.2, -0.15) is 5.10 Å². The number of hydrogen-bond donors (Lipinski definition) is 2. The molecule has 0 atom stereocenters. The van der Waals surface area contributed by atoms with Gasteiger partial charge in [0.2, 0.25) is 5.91 Å². The number of aryl methyl sites for hydroxylation is 1. The molecule has 0 aliphatic heterocycles. The third kappa shape index (κ3) is 5.21. The molecule has 0 spiro atoms. The fraction of sp³-hybridized carbons (Fsp3) is 0.222. The Balaban J connectivity index is 1.94. The number of phenolic OH excluding ortho intramolecular Hbond substituents is 1. The van der Waals surface area contributed by atoms with Gasteiger partial charge in [-0.25, -0.2) is 5.43 Å². The molecule has 0 radical (unpaired) electrons. The molecule has 2 rings (SSSR count). The SMILES string of the molecule is COc1c(Br)cc(/C=N/NC(=O)CCc2ccc(Cl)cc2)c(O)c1C. The van der Waals surface area contributed by atoms with Crippen LogP contribution in [-0.4, -0.2) is 24.3 Å². The van der Waals surface area contributed by atoms with Crippen LogP contribution in [0, 0.1) is 6.92 Å². The molecule has 0 unspecified atom stereocenters. The van der Waals surface area contributed by atoms with Gasteiger partial charge in [-0.3, -0.25) is 4.79 Å². The lowest BCUT2D eigenvalue weighted by Gasteiger charge is -2.11. The van der Waals surface area contributed by atoms with E-state index in [-0.39, 0.29) is 11.7 Å². The molecule has 1 amide bonds. The molecular weight excluding hydrogens is 408 g/mol. The molecule has 0 bridgehead atoms. The molecule has 0 saturated heterocycles. The summed E-state index contributed by atoms with van der Waals surface area (Å²) in [6, 6.07) is 9.02. The van der Waals surface area contributed by atoms with Crippen LogP contribution in [0.3, 0.4) is 0 Å². The van der Waals surface area contributed by atoms with Crippen LogP contribution < -0.4 is 10.2 Å². The van der Waals surface area contributed by atoms with Gasteiger partial charge >= 0.3 is 0 Å². The van der Waals surface area contributed by atoms with Crippen molar-refractivity contribution in [2.24, 2.45) is 5.10 Å². The Morgan fingerprint density at radius 3 is 2.72 bits per heavy atom. The fourth-order valence-corrected chi connectivity index (χ4v) is 3.09. The molecule has 0 aliphatic rings. The van der Waals surface area contributed by atoms with Gasteiger partial charge < -0.3 is 9.84 Å². The van der Waals surface area contributed by atoms with E-state index in [1.807, 2.05) is 12.1 Å². The number of rotatable bonds is 6. The zero-order chi connectivity index (χ0) is 18.4. The lowest BCUT2D eigenvalue weighted by Crippen LogP contribution is -2.17. The van der Waals surface area contributed by atoms with Crippen molar-refractivity contribution in [1.82, 2.24) is 5.43 Å². The highest BCUT2D eigenvalue weighted by Gasteiger charge is 2.12. The number of benzene rings is 2. The van der Waals surface area contributed by atoms with Gasteiger partial charge in [-0.15, -0.1) is 0 Å². The van der Waals surface area contributed by atoms with Gasteiger partial charge in [0.05, 0.1) is 17.8 Å². The lowest BCUT2D eigenvalue weighted by atomic mass is 10.1. The number of hydrazone groups is 1. The minimum Gasteiger partial charge on any atom is -0.507 e. The molecule has 25 heavy (non-hydrogen) atoms. The van der Waals surface area contributed by atoms with Gasteiger partial charge in [0.1, 0.15) is 11.5 Å². The summed E-state index contributed by atoms with van der Waals surface area (Å²) in [5, 5.41) is 14.7. The number of amides is 1. The van der Waals surface area contributed by atoms with Gasteiger partial charge in [0, 0.05) is 22.6 Å². The molecular formula is C18H18BrClN2O3. The van der Waals surface area contributed by atoms with Gasteiger partial charge in [0.25, 0.3) is 0 Å². The first kappa shape index (κ1) is 19.3. The second-order valence-electron chi connectivity index (χ2n) is 5.37. The number of hydrogen-bond acceptors (Lipinski definition) is 4. The maximum Gasteiger partial charge on any atom is 0.240 e. The molecule has 2 aromatic carbocycles. The van der Waals surface area contributed by atoms with Crippen LogP contribution in [0.1, 0.15) is 23.1 Å². The molecule has 0 heterocycles. The third-order valence-electron chi connectivity index (χ3n) is 3.62. The van der Waals surface area contributed by atoms with E-state index in [1.54, 1.807) is 25.1 Å². The number of carbonyl (C=O) groups excluding carboxylic acids is 1. The van der Waals surface area contributed by atoms with Crippen LogP contribution in [0.15, 0.2) is 39.9 Å². The predicted octanol–water partition coefficient (Wildman–Crippen LogP) is 4.21. The summed E-state index contributed by atoms with van der Waals surface area (Å²) < 4.78 is 5.90. The van der Waals surface area contributed by atoms with Crippen molar-refractivity contribution in [2.45, 2.75) is 19.8 Å².